The van der Waals surface area contributed by atoms with Gasteiger partial charge in [0.15, 0.2) is 0 Å². The number of carbonyl (C=O) groups is 1. The number of carboxylic acids is 1. The van der Waals surface area contributed by atoms with E-state index >= 15 is 0 Å². The molecule has 120 valence electrons. The van der Waals surface area contributed by atoms with Crippen LogP contribution in [0.2, 0.25) is 0 Å². The van der Waals surface area contributed by atoms with Crippen LogP contribution in [0, 0.1) is 0 Å². The van der Waals surface area contributed by atoms with E-state index in [4.69, 9.17) is 4.74 Å². The quantitative estimate of drug-likeness (QED) is 0.817. The van der Waals surface area contributed by atoms with Crippen molar-refractivity contribution in [1.29, 1.82) is 0 Å². The van der Waals surface area contributed by atoms with Crippen LogP contribution in [-0.2, 0) is 10.2 Å². The van der Waals surface area contributed by atoms with Crippen molar-refractivity contribution in [1.82, 2.24) is 0 Å². The summed E-state index contributed by atoms with van der Waals surface area (Å²) in [6, 6.07) is 17.2. The first-order chi connectivity index (χ1) is 11.1. The van der Waals surface area contributed by atoms with Gasteiger partial charge >= 0.3 is 5.97 Å². The molecule has 2 aromatic rings. The molecule has 1 atom stereocenters. The van der Waals surface area contributed by atoms with Gasteiger partial charge in [0, 0.05) is 0 Å². The molecule has 0 heterocycles. The van der Waals surface area contributed by atoms with Crippen LogP contribution in [0.25, 0.3) is 6.08 Å². The Kier molecular flexibility index (Phi) is 5.58. The fraction of sp³-hybridized carbons (Fsp3) is 0.250. The first-order valence-electron chi connectivity index (χ1n) is 7.72. The van der Waals surface area contributed by atoms with Gasteiger partial charge in [0.25, 0.3) is 0 Å². The highest BCUT2D eigenvalue weighted by Crippen LogP contribution is 2.34. The Morgan fingerprint density at radius 2 is 1.78 bits per heavy atom. The number of rotatable bonds is 7. The van der Waals surface area contributed by atoms with Crippen molar-refractivity contribution in [3.63, 3.8) is 0 Å². The van der Waals surface area contributed by atoms with E-state index in [1.807, 2.05) is 73.7 Å². The number of ether oxygens (including phenoxy) is 1. The first-order valence-corrected chi connectivity index (χ1v) is 7.72. The molecule has 23 heavy (non-hydrogen) atoms. The van der Waals surface area contributed by atoms with Crippen LogP contribution in [0.1, 0.15) is 30.9 Å². The number of hydrogen-bond donors (Lipinski definition) is 1. The average Bonchev–Trinajstić information content (AvgIpc) is 2.60. The Morgan fingerprint density at radius 1 is 1.13 bits per heavy atom. The van der Waals surface area contributed by atoms with Gasteiger partial charge in [0.2, 0.25) is 0 Å². The van der Waals surface area contributed by atoms with E-state index in [2.05, 4.69) is 0 Å². The van der Waals surface area contributed by atoms with Crippen molar-refractivity contribution in [2.45, 2.75) is 25.2 Å². The van der Waals surface area contributed by atoms with Gasteiger partial charge in [0.05, 0.1) is 12.5 Å². The molecule has 1 N–H and O–H groups in total. The van der Waals surface area contributed by atoms with Crippen LogP contribution in [0.4, 0.5) is 0 Å². The largest absolute Gasteiger partial charge is 0.497 e. The Hall–Kier alpha value is -2.55. The molecule has 2 rings (SSSR count). The zero-order chi connectivity index (χ0) is 16.7. The standard InChI is InChI=1S/C20H22O3/c1-3-20(19(21)22,17-11-13-18(23-2)14-12-17)15-7-10-16-8-5-4-6-9-16/h4-14H,3,15H2,1-2H3,(H,21,22). The molecule has 0 aliphatic heterocycles. The molecule has 0 aliphatic carbocycles. The minimum atomic E-state index is -0.919. The van der Waals surface area contributed by atoms with Gasteiger partial charge in [-0.1, -0.05) is 61.5 Å². The number of aliphatic carboxylic acids is 1. The van der Waals surface area contributed by atoms with Crippen molar-refractivity contribution in [2.75, 3.05) is 7.11 Å². The van der Waals surface area contributed by atoms with E-state index in [9.17, 15) is 9.90 Å². The summed E-state index contributed by atoms with van der Waals surface area (Å²) < 4.78 is 5.15. The molecule has 0 fully saturated rings. The summed E-state index contributed by atoms with van der Waals surface area (Å²) in [6.45, 7) is 1.91. The molecular weight excluding hydrogens is 288 g/mol. The molecule has 0 amide bonds. The zero-order valence-corrected chi connectivity index (χ0v) is 13.5. The molecule has 0 saturated heterocycles. The highest BCUT2D eigenvalue weighted by atomic mass is 16.5. The molecule has 0 bridgehead atoms. The second kappa shape index (κ2) is 7.63. The van der Waals surface area contributed by atoms with Crippen molar-refractivity contribution in [3.8, 4) is 5.75 Å². The lowest BCUT2D eigenvalue weighted by Gasteiger charge is -2.27. The number of methoxy groups -OCH3 is 1. The Morgan fingerprint density at radius 3 is 2.30 bits per heavy atom. The second-order valence-electron chi connectivity index (χ2n) is 5.49. The van der Waals surface area contributed by atoms with Crippen molar-refractivity contribution in [3.05, 3.63) is 71.8 Å². The Bertz CT molecular complexity index is 659. The van der Waals surface area contributed by atoms with Gasteiger partial charge in [-0.25, -0.2) is 0 Å². The fourth-order valence-electron chi connectivity index (χ4n) is 2.70. The lowest BCUT2D eigenvalue weighted by Crippen LogP contribution is -2.34. The number of hydrogen-bond acceptors (Lipinski definition) is 2. The normalized spacial score (nSPS) is 13.7. The molecule has 0 spiro atoms. The Balaban J connectivity index is 2.28. The Labute approximate surface area is 137 Å². The van der Waals surface area contributed by atoms with Crippen molar-refractivity contribution < 1.29 is 14.6 Å². The van der Waals surface area contributed by atoms with Gasteiger partial charge in [-0.2, -0.15) is 0 Å². The number of allylic oxidation sites excluding steroid dienone is 1. The smallest absolute Gasteiger partial charge is 0.314 e. The minimum absolute atomic E-state index is 0.445. The summed E-state index contributed by atoms with van der Waals surface area (Å²) in [5.41, 5.74) is 0.945. The SMILES string of the molecule is CCC(CC=Cc1ccccc1)(C(=O)O)c1ccc(OC)cc1. The third-order valence-corrected chi connectivity index (χ3v) is 4.23. The highest BCUT2D eigenvalue weighted by molar-refractivity contribution is 5.82. The molecule has 3 nitrogen and oxygen atoms in total. The molecule has 0 saturated carbocycles. The maximum absolute atomic E-state index is 12.0. The summed E-state index contributed by atoms with van der Waals surface area (Å²) in [5, 5.41) is 9.84. The predicted molar refractivity (Wildman–Crippen MR) is 92.7 cm³/mol. The summed E-state index contributed by atoms with van der Waals surface area (Å²) in [6.07, 6.45) is 4.88. The lowest BCUT2D eigenvalue weighted by atomic mass is 9.75. The third-order valence-electron chi connectivity index (χ3n) is 4.23. The lowest BCUT2D eigenvalue weighted by molar-refractivity contribution is -0.144. The summed E-state index contributed by atoms with van der Waals surface area (Å²) >= 11 is 0. The minimum Gasteiger partial charge on any atom is -0.497 e. The number of carboxylic acid groups (broad SMARTS) is 1. The second-order valence-corrected chi connectivity index (χ2v) is 5.49. The third kappa shape index (κ3) is 3.81. The van der Waals surface area contributed by atoms with E-state index in [1.54, 1.807) is 7.11 Å². The summed E-state index contributed by atoms with van der Waals surface area (Å²) in [4.78, 5) is 12.0. The van der Waals surface area contributed by atoms with Gasteiger partial charge in [0.1, 0.15) is 5.75 Å². The summed E-state index contributed by atoms with van der Waals surface area (Å²) in [5.74, 6) is -0.0770. The van der Waals surface area contributed by atoms with Gasteiger partial charge in [-0.05, 0) is 36.1 Å². The van der Waals surface area contributed by atoms with Gasteiger partial charge < -0.3 is 9.84 Å². The highest BCUT2D eigenvalue weighted by Gasteiger charge is 2.37. The first kappa shape index (κ1) is 16.8. The topological polar surface area (TPSA) is 46.5 Å². The molecule has 3 heteroatoms. The molecular formula is C20H22O3. The van der Waals surface area contributed by atoms with Crippen molar-refractivity contribution in [2.24, 2.45) is 0 Å². The van der Waals surface area contributed by atoms with Crippen LogP contribution < -0.4 is 4.74 Å². The fourth-order valence-corrected chi connectivity index (χ4v) is 2.70. The van der Waals surface area contributed by atoms with E-state index < -0.39 is 11.4 Å². The summed E-state index contributed by atoms with van der Waals surface area (Å²) in [7, 11) is 1.60. The van der Waals surface area contributed by atoms with Crippen LogP contribution in [0.3, 0.4) is 0 Å². The van der Waals surface area contributed by atoms with Gasteiger partial charge in [-0.3, -0.25) is 4.79 Å². The average molecular weight is 310 g/mol. The molecule has 0 radical (unpaired) electrons. The van der Waals surface area contributed by atoms with E-state index in [0.717, 1.165) is 16.9 Å². The number of benzene rings is 2. The monoisotopic (exact) mass is 310 g/mol. The molecule has 0 aliphatic rings. The maximum Gasteiger partial charge on any atom is 0.314 e. The molecule has 2 aromatic carbocycles. The molecule has 0 aromatic heterocycles. The van der Waals surface area contributed by atoms with Crippen LogP contribution in [0.5, 0.6) is 5.75 Å². The predicted octanol–water partition coefficient (Wildman–Crippen LogP) is 4.53. The van der Waals surface area contributed by atoms with E-state index in [1.165, 1.54) is 0 Å². The van der Waals surface area contributed by atoms with Crippen LogP contribution >= 0.6 is 0 Å². The van der Waals surface area contributed by atoms with Gasteiger partial charge in [-0.15, -0.1) is 0 Å². The van der Waals surface area contributed by atoms with Crippen molar-refractivity contribution >= 4 is 12.0 Å². The van der Waals surface area contributed by atoms with E-state index in [0.29, 0.717) is 12.8 Å². The van der Waals surface area contributed by atoms with Crippen LogP contribution in [-0.4, -0.2) is 18.2 Å². The van der Waals surface area contributed by atoms with Crippen LogP contribution in [0.15, 0.2) is 60.7 Å². The maximum atomic E-state index is 12.0. The van der Waals surface area contributed by atoms with E-state index in [-0.39, 0.29) is 0 Å². The molecule has 1 unspecified atom stereocenters. The zero-order valence-electron chi connectivity index (χ0n) is 13.5.